The van der Waals surface area contributed by atoms with E-state index in [1.54, 1.807) is 20.8 Å². The molecule has 0 heterocycles. The Kier molecular flexibility index (Phi) is 4.64. The Bertz CT molecular complexity index is 505. The summed E-state index contributed by atoms with van der Waals surface area (Å²) in [5, 5.41) is 0. The van der Waals surface area contributed by atoms with Crippen molar-refractivity contribution < 1.29 is 18.3 Å². The SMILES string of the molecule is CC(C)(C)OC(=O)C/C=C/c1c(F)ccc(N)c1F. The summed E-state index contributed by atoms with van der Waals surface area (Å²) in [5.74, 6) is -2.03. The molecule has 0 atom stereocenters. The van der Waals surface area contributed by atoms with Crippen LogP contribution in [0.25, 0.3) is 6.08 Å². The van der Waals surface area contributed by atoms with Gasteiger partial charge in [0.1, 0.15) is 11.4 Å². The fourth-order valence-corrected chi connectivity index (χ4v) is 1.40. The van der Waals surface area contributed by atoms with Gasteiger partial charge in [0, 0.05) is 5.56 Å². The number of benzene rings is 1. The predicted octanol–water partition coefficient (Wildman–Crippen LogP) is 3.29. The standard InChI is InChI=1S/C14H17F2NO2/c1-14(2,3)19-12(18)6-4-5-9-10(15)7-8-11(17)13(9)16/h4-5,7-8H,6,17H2,1-3H3/b5-4+. The minimum Gasteiger partial charge on any atom is -0.460 e. The maximum absolute atomic E-state index is 13.5. The van der Waals surface area contributed by atoms with Gasteiger partial charge >= 0.3 is 5.97 Å². The zero-order chi connectivity index (χ0) is 14.6. The Balaban J connectivity index is 2.73. The van der Waals surface area contributed by atoms with Crippen molar-refractivity contribution in [2.45, 2.75) is 32.8 Å². The predicted molar refractivity (Wildman–Crippen MR) is 70.3 cm³/mol. The van der Waals surface area contributed by atoms with Gasteiger partial charge < -0.3 is 10.5 Å². The van der Waals surface area contributed by atoms with Crippen LogP contribution < -0.4 is 5.73 Å². The first-order valence-corrected chi connectivity index (χ1v) is 5.82. The quantitative estimate of drug-likeness (QED) is 0.676. The minimum absolute atomic E-state index is 0.0645. The van der Waals surface area contributed by atoms with Gasteiger partial charge in [-0.15, -0.1) is 0 Å². The molecular weight excluding hydrogens is 252 g/mol. The van der Waals surface area contributed by atoms with Crippen LogP contribution in [-0.2, 0) is 9.53 Å². The van der Waals surface area contributed by atoms with E-state index in [0.29, 0.717) is 0 Å². The maximum atomic E-state index is 13.5. The summed E-state index contributed by atoms with van der Waals surface area (Å²) in [5.41, 5.74) is 4.35. The van der Waals surface area contributed by atoms with E-state index in [-0.39, 0.29) is 17.7 Å². The summed E-state index contributed by atoms with van der Waals surface area (Å²) >= 11 is 0. The van der Waals surface area contributed by atoms with Gasteiger partial charge in [-0.1, -0.05) is 12.2 Å². The van der Waals surface area contributed by atoms with Gasteiger partial charge in [0.05, 0.1) is 12.1 Å². The molecule has 0 amide bonds. The lowest BCUT2D eigenvalue weighted by molar-refractivity contribution is -0.153. The molecule has 0 saturated carbocycles. The number of nitrogens with two attached hydrogens (primary N) is 1. The molecule has 1 rings (SSSR count). The summed E-state index contributed by atoms with van der Waals surface area (Å²) in [6.45, 7) is 5.23. The van der Waals surface area contributed by atoms with Crippen molar-refractivity contribution in [3.05, 3.63) is 35.4 Å². The van der Waals surface area contributed by atoms with Crippen LogP contribution >= 0.6 is 0 Å². The summed E-state index contributed by atoms with van der Waals surface area (Å²) in [4.78, 5) is 11.4. The van der Waals surface area contributed by atoms with Gasteiger partial charge in [0.25, 0.3) is 0 Å². The molecule has 0 radical (unpaired) electrons. The third kappa shape index (κ3) is 4.69. The first kappa shape index (κ1) is 15.1. The number of esters is 1. The maximum Gasteiger partial charge on any atom is 0.310 e. The van der Waals surface area contributed by atoms with E-state index in [2.05, 4.69) is 0 Å². The van der Waals surface area contributed by atoms with Crippen molar-refractivity contribution in [1.29, 1.82) is 0 Å². The van der Waals surface area contributed by atoms with Crippen molar-refractivity contribution in [3.63, 3.8) is 0 Å². The fraction of sp³-hybridized carbons (Fsp3) is 0.357. The van der Waals surface area contributed by atoms with Crippen LogP contribution in [0.5, 0.6) is 0 Å². The van der Waals surface area contributed by atoms with Crippen molar-refractivity contribution in [2.75, 3.05) is 5.73 Å². The second-order valence-corrected chi connectivity index (χ2v) is 5.06. The molecule has 0 bridgehead atoms. The number of ether oxygens (including phenoxy) is 1. The van der Waals surface area contributed by atoms with Gasteiger partial charge in [-0.25, -0.2) is 8.78 Å². The Morgan fingerprint density at radius 1 is 1.37 bits per heavy atom. The Morgan fingerprint density at radius 2 is 2.00 bits per heavy atom. The average Bonchev–Trinajstić information content (AvgIpc) is 2.26. The highest BCUT2D eigenvalue weighted by atomic mass is 19.1. The fourth-order valence-electron chi connectivity index (χ4n) is 1.40. The highest BCUT2D eigenvalue weighted by Crippen LogP contribution is 2.20. The Morgan fingerprint density at radius 3 is 2.58 bits per heavy atom. The van der Waals surface area contributed by atoms with Crippen molar-refractivity contribution in [3.8, 4) is 0 Å². The molecule has 2 N–H and O–H groups in total. The van der Waals surface area contributed by atoms with E-state index in [0.717, 1.165) is 12.1 Å². The number of hydrogen-bond acceptors (Lipinski definition) is 3. The van der Waals surface area contributed by atoms with Crippen LogP contribution in [0.15, 0.2) is 18.2 Å². The van der Waals surface area contributed by atoms with Gasteiger partial charge in [-0.05, 0) is 32.9 Å². The molecule has 0 spiro atoms. The zero-order valence-corrected chi connectivity index (χ0v) is 11.2. The van der Waals surface area contributed by atoms with Gasteiger partial charge in [-0.2, -0.15) is 0 Å². The number of halogens is 2. The molecule has 3 nitrogen and oxygen atoms in total. The molecule has 19 heavy (non-hydrogen) atoms. The average molecular weight is 269 g/mol. The molecule has 1 aromatic rings. The highest BCUT2D eigenvalue weighted by molar-refractivity contribution is 5.73. The van der Waals surface area contributed by atoms with E-state index in [4.69, 9.17) is 10.5 Å². The number of anilines is 1. The van der Waals surface area contributed by atoms with Gasteiger partial charge in [0.15, 0.2) is 5.82 Å². The first-order valence-electron chi connectivity index (χ1n) is 5.82. The van der Waals surface area contributed by atoms with E-state index in [9.17, 15) is 13.6 Å². The number of rotatable bonds is 3. The van der Waals surface area contributed by atoms with Gasteiger partial charge in [-0.3, -0.25) is 4.79 Å². The van der Waals surface area contributed by atoms with Crippen LogP contribution in [0.2, 0.25) is 0 Å². The van der Waals surface area contributed by atoms with E-state index >= 15 is 0 Å². The molecular formula is C14H17F2NO2. The second kappa shape index (κ2) is 5.82. The normalized spacial score (nSPS) is 11.8. The molecule has 0 aliphatic carbocycles. The molecule has 0 aromatic heterocycles. The topological polar surface area (TPSA) is 52.3 Å². The molecule has 0 aliphatic heterocycles. The molecule has 104 valence electrons. The monoisotopic (exact) mass is 269 g/mol. The third-order valence-corrected chi connectivity index (χ3v) is 2.15. The van der Waals surface area contributed by atoms with Crippen LogP contribution in [0.3, 0.4) is 0 Å². The molecule has 0 unspecified atom stereocenters. The number of hydrogen-bond donors (Lipinski definition) is 1. The summed E-state index contributed by atoms with van der Waals surface area (Å²) in [6.07, 6.45) is 2.46. The van der Waals surface area contributed by atoms with E-state index in [1.165, 1.54) is 12.2 Å². The van der Waals surface area contributed by atoms with Crippen molar-refractivity contribution in [2.24, 2.45) is 0 Å². The lowest BCUT2D eigenvalue weighted by Gasteiger charge is -2.18. The number of nitrogen functional groups attached to an aromatic ring is 1. The molecule has 0 fully saturated rings. The summed E-state index contributed by atoms with van der Waals surface area (Å²) < 4.78 is 31.9. The lowest BCUT2D eigenvalue weighted by atomic mass is 10.1. The lowest BCUT2D eigenvalue weighted by Crippen LogP contribution is -2.23. The smallest absolute Gasteiger partial charge is 0.310 e. The third-order valence-electron chi connectivity index (χ3n) is 2.15. The van der Waals surface area contributed by atoms with Crippen molar-refractivity contribution in [1.82, 2.24) is 0 Å². The van der Waals surface area contributed by atoms with Crippen LogP contribution in [0, 0.1) is 11.6 Å². The van der Waals surface area contributed by atoms with E-state index in [1.807, 2.05) is 0 Å². The van der Waals surface area contributed by atoms with Crippen LogP contribution in [-0.4, -0.2) is 11.6 Å². The molecule has 5 heteroatoms. The Hall–Kier alpha value is -1.91. The number of carbonyl (C=O) groups excluding carboxylic acids is 1. The minimum atomic E-state index is -0.833. The number of carbonyl (C=O) groups is 1. The zero-order valence-electron chi connectivity index (χ0n) is 11.2. The van der Waals surface area contributed by atoms with Crippen LogP contribution in [0.1, 0.15) is 32.8 Å². The first-order chi connectivity index (χ1) is 8.70. The van der Waals surface area contributed by atoms with Crippen molar-refractivity contribution >= 4 is 17.7 Å². The molecule has 0 aliphatic rings. The summed E-state index contributed by atoms with van der Waals surface area (Å²) in [6, 6.07) is 2.22. The van der Waals surface area contributed by atoms with E-state index < -0.39 is 23.2 Å². The molecule has 1 aromatic carbocycles. The Labute approximate surface area is 111 Å². The van der Waals surface area contributed by atoms with Gasteiger partial charge in [0.2, 0.25) is 0 Å². The van der Waals surface area contributed by atoms with Crippen LogP contribution in [0.4, 0.5) is 14.5 Å². The second-order valence-electron chi connectivity index (χ2n) is 5.06. The highest BCUT2D eigenvalue weighted by Gasteiger charge is 2.15. The summed E-state index contributed by atoms with van der Waals surface area (Å²) in [7, 11) is 0. The molecule has 0 saturated heterocycles. The largest absolute Gasteiger partial charge is 0.460 e.